The molecule has 0 unspecified atom stereocenters. The summed E-state index contributed by atoms with van der Waals surface area (Å²) < 4.78 is 0. The van der Waals surface area contributed by atoms with Crippen molar-refractivity contribution in [2.75, 3.05) is 17.2 Å². The van der Waals surface area contributed by atoms with E-state index in [0.29, 0.717) is 17.9 Å². The summed E-state index contributed by atoms with van der Waals surface area (Å²) in [4.78, 5) is 0. The Labute approximate surface area is 215 Å². The zero-order valence-electron chi connectivity index (χ0n) is 20.4. The normalized spacial score (nSPS) is 12.1. The Morgan fingerprint density at radius 1 is 0.514 bits per heavy atom. The number of phenols is 2. The number of nitrogens with one attached hydrogen (secondary N) is 2. The molecule has 182 valence electrons. The van der Waals surface area contributed by atoms with E-state index in [2.05, 4.69) is 53.1 Å². The zero-order chi connectivity index (χ0) is 25.2. The largest absolute Gasteiger partial charge is 0.506 e. The van der Waals surface area contributed by atoms with Crippen molar-refractivity contribution in [2.24, 2.45) is 0 Å². The van der Waals surface area contributed by atoms with E-state index in [1.807, 2.05) is 60.7 Å². The molecule has 0 fully saturated rings. The molecule has 4 heteroatoms. The van der Waals surface area contributed by atoms with Crippen molar-refractivity contribution >= 4 is 43.7 Å². The van der Waals surface area contributed by atoms with Gasteiger partial charge in [-0.3, -0.25) is 0 Å². The fourth-order valence-electron chi connectivity index (χ4n) is 5.20. The van der Waals surface area contributed by atoms with Gasteiger partial charge in [-0.25, -0.2) is 0 Å². The quantitative estimate of drug-likeness (QED) is 0.175. The molecule has 37 heavy (non-hydrogen) atoms. The Balaban J connectivity index is 1.39. The summed E-state index contributed by atoms with van der Waals surface area (Å²) >= 11 is 0. The highest BCUT2D eigenvalue weighted by atomic mass is 16.3. The van der Waals surface area contributed by atoms with Gasteiger partial charge < -0.3 is 20.8 Å². The number of rotatable bonds is 7. The summed E-state index contributed by atoms with van der Waals surface area (Å²) in [5.74, 6) is 0.435. The standard InChI is InChI=1S/C33H28N2O2/c36-30-18-16-23-9-2-5-14-28(23)32(30)34-21-26(20-25-12-7-11-22-8-1-4-13-27(22)25)35-33-29-15-6-3-10-24(29)17-19-31(33)37/h1-19,26,34-37H,20-21H2/t26-/m0/s1. The molecule has 0 saturated carbocycles. The van der Waals surface area contributed by atoms with Gasteiger partial charge in [-0.05, 0) is 45.7 Å². The molecule has 0 radical (unpaired) electrons. The van der Waals surface area contributed by atoms with Gasteiger partial charge >= 0.3 is 0 Å². The first-order valence-corrected chi connectivity index (χ1v) is 12.6. The number of phenolic OH excluding ortho intramolecular Hbond substituents is 2. The van der Waals surface area contributed by atoms with Crippen LogP contribution in [0, 0.1) is 0 Å². The third kappa shape index (κ3) is 4.50. The van der Waals surface area contributed by atoms with Crippen molar-refractivity contribution < 1.29 is 10.2 Å². The molecule has 4 N–H and O–H groups in total. The van der Waals surface area contributed by atoms with Crippen LogP contribution in [0.15, 0.2) is 115 Å². The summed E-state index contributed by atoms with van der Waals surface area (Å²) in [5.41, 5.74) is 2.65. The number of aromatic hydroxyl groups is 2. The van der Waals surface area contributed by atoms with Crippen molar-refractivity contribution in [3.63, 3.8) is 0 Å². The average Bonchev–Trinajstić information content (AvgIpc) is 2.94. The fraction of sp³-hybridized carbons (Fsp3) is 0.0909. The maximum atomic E-state index is 10.8. The highest BCUT2D eigenvalue weighted by Crippen LogP contribution is 2.35. The Bertz CT molecular complexity index is 1720. The fourth-order valence-corrected chi connectivity index (χ4v) is 5.20. The molecule has 0 aromatic heterocycles. The lowest BCUT2D eigenvalue weighted by atomic mass is 9.98. The summed E-state index contributed by atoms with van der Waals surface area (Å²) in [5, 5.41) is 35.2. The second kappa shape index (κ2) is 9.75. The van der Waals surface area contributed by atoms with Gasteiger partial charge in [-0.15, -0.1) is 0 Å². The lowest BCUT2D eigenvalue weighted by Crippen LogP contribution is -2.31. The molecule has 4 nitrogen and oxygen atoms in total. The molecule has 0 aliphatic carbocycles. The van der Waals surface area contributed by atoms with E-state index in [4.69, 9.17) is 0 Å². The second-order valence-electron chi connectivity index (χ2n) is 9.43. The first-order valence-electron chi connectivity index (χ1n) is 12.6. The monoisotopic (exact) mass is 484 g/mol. The van der Waals surface area contributed by atoms with Crippen molar-refractivity contribution in [3.05, 3.63) is 121 Å². The maximum absolute atomic E-state index is 10.8. The summed E-state index contributed by atoms with van der Waals surface area (Å²) in [6.07, 6.45) is 0.725. The Morgan fingerprint density at radius 2 is 1.03 bits per heavy atom. The van der Waals surface area contributed by atoms with E-state index in [9.17, 15) is 10.2 Å². The Hall–Kier alpha value is -4.70. The summed E-state index contributed by atoms with van der Waals surface area (Å²) in [6, 6.07) is 38.1. The van der Waals surface area contributed by atoms with E-state index in [1.54, 1.807) is 12.1 Å². The maximum Gasteiger partial charge on any atom is 0.139 e. The van der Waals surface area contributed by atoms with Crippen LogP contribution in [-0.4, -0.2) is 22.8 Å². The molecule has 0 spiro atoms. The van der Waals surface area contributed by atoms with Crippen LogP contribution >= 0.6 is 0 Å². The van der Waals surface area contributed by atoms with Crippen LogP contribution in [0.1, 0.15) is 5.56 Å². The van der Waals surface area contributed by atoms with Gasteiger partial charge in [0.25, 0.3) is 0 Å². The van der Waals surface area contributed by atoms with E-state index in [1.165, 1.54) is 16.3 Å². The van der Waals surface area contributed by atoms with Crippen LogP contribution in [0.2, 0.25) is 0 Å². The molecule has 1 atom stereocenters. The molecule has 0 aliphatic heterocycles. The lowest BCUT2D eigenvalue weighted by molar-refractivity contribution is 0.476. The highest BCUT2D eigenvalue weighted by Gasteiger charge is 2.17. The van der Waals surface area contributed by atoms with Gasteiger partial charge in [0.15, 0.2) is 0 Å². The number of hydrogen-bond donors (Lipinski definition) is 4. The molecular formula is C33H28N2O2. The van der Waals surface area contributed by atoms with E-state index in [0.717, 1.165) is 28.0 Å². The molecule has 0 saturated heterocycles. The first-order chi connectivity index (χ1) is 18.2. The first kappa shape index (κ1) is 22.7. The SMILES string of the molecule is Oc1ccc2ccccc2c1NC[C@H](Cc1cccc2ccccc12)Nc1c(O)ccc2ccccc12. The van der Waals surface area contributed by atoms with E-state index >= 15 is 0 Å². The minimum Gasteiger partial charge on any atom is -0.506 e. The third-order valence-electron chi connectivity index (χ3n) is 7.03. The van der Waals surface area contributed by atoms with Crippen LogP contribution in [0.4, 0.5) is 11.4 Å². The summed E-state index contributed by atoms with van der Waals surface area (Å²) in [7, 11) is 0. The number of anilines is 2. The van der Waals surface area contributed by atoms with Crippen LogP contribution in [0.25, 0.3) is 32.3 Å². The molecule has 6 rings (SSSR count). The minimum atomic E-state index is -0.0825. The van der Waals surface area contributed by atoms with E-state index < -0.39 is 0 Å². The lowest BCUT2D eigenvalue weighted by Gasteiger charge is -2.24. The smallest absolute Gasteiger partial charge is 0.139 e. The number of fused-ring (bicyclic) bond motifs is 3. The zero-order valence-corrected chi connectivity index (χ0v) is 20.4. The third-order valence-corrected chi connectivity index (χ3v) is 7.03. The van der Waals surface area contributed by atoms with Crippen LogP contribution < -0.4 is 10.6 Å². The molecule has 6 aromatic carbocycles. The van der Waals surface area contributed by atoms with E-state index in [-0.39, 0.29) is 17.5 Å². The van der Waals surface area contributed by atoms with Crippen LogP contribution in [0.5, 0.6) is 11.5 Å². The summed E-state index contributed by atoms with van der Waals surface area (Å²) in [6.45, 7) is 0.535. The topological polar surface area (TPSA) is 64.5 Å². The number of hydrogen-bond acceptors (Lipinski definition) is 4. The predicted molar refractivity (Wildman–Crippen MR) is 155 cm³/mol. The van der Waals surface area contributed by atoms with Crippen molar-refractivity contribution in [2.45, 2.75) is 12.5 Å². The molecule has 0 heterocycles. The molecule has 6 aromatic rings. The Kier molecular flexibility index (Phi) is 5.99. The van der Waals surface area contributed by atoms with Crippen molar-refractivity contribution in [1.29, 1.82) is 0 Å². The predicted octanol–water partition coefficient (Wildman–Crippen LogP) is 7.69. The van der Waals surface area contributed by atoms with Crippen molar-refractivity contribution in [1.82, 2.24) is 0 Å². The van der Waals surface area contributed by atoms with Gasteiger partial charge in [0.1, 0.15) is 11.5 Å². The molecule has 0 aliphatic rings. The van der Waals surface area contributed by atoms with Gasteiger partial charge in [-0.2, -0.15) is 0 Å². The second-order valence-corrected chi connectivity index (χ2v) is 9.43. The van der Waals surface area contributed by atoms with Crippen LogP contribution in [-0.2, 0) is 6.42 Å². The van der Waals surface area contributed by atoms with Gasteiger partial charge in [0.05, 0.1) is 11.4 Å². The Morgan fingerprint density at radius 3 is 1.70 bits per heavy atom. The molecule has 0 bridgehead atoms. The average molecular weight is 485 g/mol. The molecule has 0 amide bonds. The van der Waals surface area contributed by atoms with Crippen molar-refractivity contribution in [3.8, 4) is 11.5 Å². The van der Waals surface area contributed by atoms with Crippen LogP contribution in [0.3, 0.4) is 0 Å². The van der Waals surface area contributed by atoms with Gasteiger partial charge in [0, 0.05) is 23.4 Å². The van der Waals surface area contributed by atoms with Gasteiger partial charge in [0.2, 0.25) is 0 Å². The minimum absolute atomic E-state index is 0.0825. The number of benzene rings is 6. The highest BCUT2D eigenvalue weighted by molar-refractivity contribution is 5.98. The molecular weight excluding hydrogens is 456 g/mol. The van der Waals surface area contributed by atoms with Gasteiger partial charge in [-0.1, -0.05) is 103 Å².